The van der Waals surface area contributed by atoms with Crippen molar-refractivity contribution < 1.29 is 15.8 Å². The first-order valence-electron chi connectivity index (χ1n) is 9.45. The second-order valence-electron chi connectivity index (χ2n) is 5.79. The minimum Gasteiger partial charge on any atom is -0.380 e. The van der Waals surface area contributed by atoms with Crippen LogP contribution in [0.5, 0.6) is 0 Å². The van der Waals surface area contributed by atoms with Gasteiger partial charge in [0.15, 0.2) is 0 Å². The molecule has 0 unspecified atom stereocenters. The lowest BCUT2D eigenvalue weighted by atomic mass is 10.0. The summed E-state index contributed by atoms with van der Waals surface area (Å²) in [4.78, 5) is 22.9. The second kappa shape index (κ2) is 19.1. The van der Waals surface area contributed by atoms with E-state index in [0.29, 0.717) is 32.0 Å². The van der Waals surface area contributed by atoms with Crippen molar-refractivity contribution in [1.29, 1.82) is 0 Å². The highest BCUT2D eigenvalue weighted by Gasteiger charge is 2.06. The molecule has 0 aromatic carbocycles. The van der Waals surface area contributed by atoms with Crippen molar-refractivity contribution in [2.45, 2.75) is 86.0 Å². The molecule has 0 aliphatic heterocycles. The van der Waals surface area contributed by atoms with E-state index in [1.165, 1.54) is 0 Å². The standard InChI is InChI=1S/C17H33NO3.C2H6.H2/c1-4-21-14-13-18-17(20)12-10-8-6-5-7-9-11-16(19)15(2)3;1-2;/h15H,4-14H2,1-3H3,(H,18,20);1-2H3;1H. The van der Waals surface area contributed by atoms with Gasteiger partial charge < -0.3 is 10.1 Å². The summed E-state index contributed by atoms with van der Waals surface area (Å²) in [6, 6.07) is 0. The van der Waals surface area contributed by atoms with Gasteiger partial charge >= 0.3 is 0 Å². The van der Waals surface area contributed by atoms with Crippen molar-refractivity contribution >= 4 is 11.7 Å². The van der Waals surface area contributed by atoms with Gasteiger partial charge in [-0.25, -0.2) is 0 Å². The van der Waals surface area contributed by atoms with E-state index in [1.807, 2.05) is 34.6 Å². The van der Waals surface area contributed by atoms with Crippen molar-refractivity contribution in [2.75, 3.05) is 19.8 Å². The monoisotopic (exact) mass is 331 g/mol. The number of amides is 1. The van der Waals surface area contributed by atoms with E-state index < -0.39 is 0 Å². The van der Waals surface area contributed by atoms with Crippen LogP contribution in [0.3, 0.4) is 0 Å². The number of hydrogen-bond acceptors (Lipinski definition) is 3. The lowest BCUT2D eigenvalue weighted by Crippen LogP contribution is -2.26. The Morgan fingerprint density at radius 1 is 0.957 bits per heavy atom. The molecule has 0 bridgehead atoms. The third-order valence-electron chi connectivity index (χ3n) is 3.49. The predicted molar refractivity (Wildman–Crippen MR) is 99.7 cm³/mol. The maximum atomic E-state index is 11.5. The van der Waals surface area contributed by atoms with Crippen molar-refractivity contribution in [3.05, 3.63) is 0 Å². The third kappa shape index (κ3) is 19.1. The largest absolute Gasteiger partial charge is 0.380 e. The van der Waals surface area contributed by atoms with Gasteiger partial charge in [-0.1, -0.05) is 53.4 Å². The average molecular weight is 332 g/mol. The Morgan fingerprint density at radius 3 is 2.00 bits per heavy atom. The van der Waals surface area contributed by atoms with Gasteiger partial charge in [-0.15, -0.1) is 0 Å². The van der Waals surface area contributed by atoms with Gasteiger partial charge in [-0.05, 0) is 19.8 Å². The number of carbonyl (C=O) groups is 2. The van der Waals surface area contributed by atoms with E-state index in [4.69, 9.17) is 4.74 Å². The first kappa shape index (κ1) is 24.4. The molecule has 1 amide bonds. The van der Waals surface area contributed by atoms with Gasteiger partial charge in [0.2, 0.25) is 5.91 Å². The van der Waals surface area contributed by atoms with Crippen molar-refractivity contribution in [3.63, 3.8) is 0 Å². The highest BCUT2D eigenvalue weighted by atomic mass is 16.5. The maximum Gasteiger partial charge on any atom is 0.220 e. The van der Waals surface area contributed by atoms with Crippen LogP contribution < -0.4 is 5.32 Å². The molecule has 0 atom stereocenters. The van der Waals surface area contributed by atoms with Crippen LogP contribution in [0.25, 0.3) is 0 Å². The van der Waals surface area contributed by atoms with Crippen molar-refractivity contribution in [2.24, 2.45) is 5.92 Å². The van der Waals surface area contributed by atoms with Crippen LogP contribution in [0, 0.1) is 5.92 Å². The molecule has 0 aromatic rings. The fraction of sp³-hybridized carbons (Fsp3) is 0.895. The van der Waals surface area contributed by atoms with Gasteiger partial charge in [0.25, 0.3) is 0 Å². The molecule has 0 aromatic heterocycles. The molecule has 0 spiro atoms. The molecule has 0 aliphatic rings. The van der Waals surface area contributed by atoms with Gasteiger partial charge in [0.05, 0.1) is 6.61 Å². The summed E-state index contributed by atoms with van der Waals surface area (Å²) < 4.78 is 5.16. The van der Waals surface area contributed by atoms with Gasteiger partial charge in [0.1, 0.15) is 5.78 Å². The molecule has 140 valence electrons. The van der Waals surface area contributed by atoms with Crippen LogP contribution in [-0.4, -0.2) is 31.4 Å². The maximum absolute atomic E-state index is 11.5. The zero-order chi connectivity index (χ0) is 17.9. The van der Waals surface area contributed by atoms with Crippen LogP contribution in [0.15, 0.2) is 0 Å². The molecule has 1 N–H and O–H groups in total. The lowest BCUT2D eigenvalue weighted by Gasteiger charge is -2.06. The van der Waals surface area contributed by atoms with Crippen molar-refractivity contribution in [3.8, 4) is 0 Å². The van der Waals surface area contributed by atoms with E-state index in [9.17, 15) is 9.59 Å². The Hall–Kier alpha value is -0.900. The predicted octanol–water partition coefficient (Wildman–Crippen LogP) is 4.76. The molecule has 0 rings (SSSR count). The summed E-state index contributed by atoms with van der Waals surface area (Å²) >= 11 is 0. The van der Waals surface area contributed by atoms with Crippen LogP contribution in [0.1, 0.15) is 87.4 Å². The molecule has 4 nitrogen and oxygen atoms in total. The van der Waals surface area contributed by atoms with Gasteiger partial charge in [0, 0.05) is 33.3 Å². The minimum absolute atomic E-state index is 0. The van der Waals surface area contributed by atoms with Gasteiger partial charge in [-0.2, -0.15) is 0 Å². The summed E-state index contributed by atoms with van der Waals surface area (Å²) in [5.41, 5.74) is 0. The van der Waals surface area contributed by atoms with Crippen molar-refractivity contribution in [1.82, 2.24) is 5.32 Å². The molecule has 0 heterocycles. The van der Waals surface area contributed by atoms with E-state index in [1.54, 1.807) is 0 Å². The fourth-order valence-electron chi connectivity index (χ4n) is 2.08. The number of hydrogen-bond donors (Lipinski definition) is 1. The summed E-state index contributed by atoms with van der Waals surface area (Å²) in [6.45, 7) is 11.8. The number of carbonyl (C=O) groups excluding carboxylic acids is 2. The zero-order valence-electron chi connectivity index (χ0n) is 16.1. The van der Waals surface area contributed by atoms with Gasteiger partial charge in [-0.3, -0.25) is 9.59 Å². The Balaban J connectivity index is -0.00000141. The van der Waals surface area contributed by atoms with E-state index in [2.05, 4.69) is 5.32 Å². The molecule has 0 aliphatic carbocycles. The van der Waals surface area contributed by atoms with E-state index in [0.717, 1.165) is 44.9 Å². The summed E-state index contributed by atoms with van der Waals surface area (Å²) in [5, 5.41) is 2.85. The molecular formula is C19H41NO3. The number of Topliss-reactive ketones (excluding diaryl/α,β-unsaturated/α-hetero) is 1. The molecule has 0 fully saturated rings. The Labute approximate surface area is 145 Å². The highest BCUT2D eigenvalue weighted by molar-refractivity contribution is 5.80. The molecular weight excluding hydrogens is 290 g/mol. The summed E-state index contributed by atoms with van der Waals surface area (Å²) in [6.07, 6.45) is 7.83. The summed E-state index contributed by atoms with van der Waals surface area (Å²) in [5.74, 6) is 0.669. The molecule has 0 saturated heterocycles. The smallest absolute Gasteiger partial charge is 0.220 e. The fourth-order valence-corrected chi connectivity index (χ4v) is 2.08. The van der Waals surface area contributed by atoms with E-state index >= 15 is 0 Å². The summed E-state index contributed by atoms with van der Waals surface area (Å²) in [7, 11) is 0. The Bertz CT molecular complexity index is 284. The number of ketones is 1. The molecule has 4 heteroatoms. The van der Waals surface area contributed by atoms with Crippen LogP contribution in [0.2, 0.25) is 0 Å². The number of nitrogens with one attached hydrogen (secondary N) is 1. The average Bonchev–Trinajstić information content (AvgIpc) is 2.55. The second-order valence-corrected chi connectivity index (χ2v) is 5.79. The van der Waals surface area contributed by atoms with Crippen LogP contribution in [-0.2, 0) is 14.3 Å². The first-order chi connectivity index (χ1) is 11.1. The normalized spacial score (nSPS) is 10.2. The lowest BCUT2D eigenvalue weighted by molar-refractivity contribution is -0.122. The van der Waals surface area contributed by atoms with Crippen LogP contribution >= 0.6 is 0 Å². The van der Waals surface area contributed by atoms with E-state index in [-0.39, 0.29) is 13.3 Å². The molecule has 23 heavy (non-hydrogen) atoms. The Morgan fingerprint density at radius 2 is 1.48 bits per heavy atom. The quantitative estimate of drug-likeness (QED) is 0.467. The number of rotatable bonds is 14. The number of ether oxygens (including phenoxy) is 1. The first-order valence-corrected chi connectivity index (χ1v) is 9.45. The highest BCUT2D eigenvalue weighted by Crippen LogP contribution is 2.10. The zero-order valence-corrected chi connectivity index (χ0v) is 16.1. The third-order valence-corrected chi connectivity index (χ3v) is 3.49. The molecule has 0 saturated carbocycles. The molecule has 0 radical (unpaired) electrons. The van der Waals surface area contributed by atoms with Crippen LogP contribution in [0.4, 0.5) is 0 Å². The topological polar surface area (TPSA) is 55.4 Å². The SMILES string of the molecule is CC.CCOCCNC(=O)CCCCCCCCC(=O)C(C)C.[HH]. The Kier molecular flexibility index (Phi) is 20.3. The number of unbranched alkanes of at least 4 members (excludes halogenated alkanes) is 5. The minimum atomic E-state index is 0.